The van der Waals surface area contributed by atoms with Crippen molar-refractivity contribution in [1.82, 2.24) is 10.6 Å². The van der Waals surface area contributed by atoms with Crippen LogP contribution in [-0.4, -0.2) is 13.3 Å². The molecule has 0 heterocycles. The van der Waals surface area contributed by atoms with Gasteiger partial charge in [-0.05, 0) is 18.9 Å². The predicted molar refractivity (Wildman–Crippen MR) is 83.1 cm³/mol. The van der Waals surface area contributed by atoms with Gasteiger partial charge in [0, 0.05) is 13.3 Å². The molecular weight excluding hydrogens is 234 g/mol. The van der Waals surface area contributed by atoms with Crippen LogP contribution in [0.1, 0.15) is 31.9 Å². The molecule has 0 bridgehead atoms. The lowest BCUT2D eigenvalue weighted by molar-refractivity contribution is 0.561. The number of allylic oxidation sites excluding steroid dienone is 2. The standard InChI is InChI=1S/C16H23N3/c1-5-15(12-17-4)18-13(3)19-16(6-2)14-10-8-7-9-11-14/h5,7-12,16,18-19H,3,6H2,1-2,4H3/b15-5+,17-12-. The molecule has 0 aliphatic carbocycles. The first-order valence-corrected chi connectivity index (χ1v) is 6.57. The molecule has 102 valence electrons. The molecule has 0 fully saturated rings. The zero-order valence-electron chi connectivity index (χ0n) is 12.0. The first kappa shape index (κ1) is 15.0. The summed E-state index contributed by atoms with van der Waals surface area (Å²) in [6, 6.07) is 10.6. The molecule has 3 nitrogen and oxygen atoms in total. The minimum atomic E-state index is 0.262. The molecule has 2 N–H and O–H groups in total. The van der Waals surface area contributed by atoms with Crippen LogP contribution in [0.5, 0.6) is 0 Å². The number of rotatable bonds is 7. The molecule has 1 rings (SSSR count). The summed E-state index contributed by atoms with van der Waals surface area (Å²) in [6.45, 7) is 8.13. The second-order valence-corrected chi connectivity index (χ2v) is 4.25. The molecule has 1 aromatic rings. The Labute approximate surface area is 116 Å². The fourth-order valence-corrected chi connectivity index (χ4v) is 1.85. The third kappa shape index (κ3) is 5.00. The summed E-state index contributed by atoms with van der Waals surface area (Å²) in [5.74, 6) is 0.781. The Hall–Kier alpha value is -2.03. The van der Waals surface area contributed by atoms with Crippen molar-refractivity contribution in [1.29, 1.82) is 0 Å². The molecule has 0 amide bonds. The van der Waals surface area contributed by atoms with Crippen LogP contribution in [0.4, 0.5) is 0 Å². The van der Waals surface area contributed by atoms with E-state index in [1.165, 1.54) is 5.56 Å². The minimum absolute atomic E-state index is 0.262. The lowest BCUT2D eigenvalue weighted by Crippen LogP contribution is -2.28. The van der Waals surface area contributed by atoms with Crippen LogP contribution in [-0.2, 0) is 0 Å². The van der Waals surface area contributed by atoms with Gasteiger partial charge in [0.1, 0.15) is 0 Å². The molecular formula is C16H23N3. The van der Waals surface area contributed by atoms with Crippen molar-refractivity contribution in [2.45, 2.75) is 26.3 Å². The molecule has 1 unspecified atom stereocenters. The summed E-state index contributed by atoms with van der Waals surface area (Å²) < 4.78 is 0. The molecule has 0 saturated carbocycles. The van der Waals surface area contributed by atoms with Crippen LogP contribution in [0.2, 0.25) is 0 Å². The van der Waals surface area contributed by atoms with Crippen LogP contribution < -0.4 is 10.6 Å². The van der Waals surface area contributed by atoms with E-state index in [1.807, 2.05) is 19.1 Å². The van der Waals surface area contributed by atoms with Gasteiger partial charge in [-0.25, -0.2) is 0 Å². The Kier molecular flexibility index (Phi) is 6.44. The summed E-state index contributed by atoms with van der Waals surface area (Å²) in [5, 5.41) is 6.61. The normalized spacial score (nSPS) is 13.3. The maximum atomic E-state index is 4.01. The van der Waals surface area contributed by atoms with E-state index < -0.39 is 0 Å². The second-order valence-electron chi connectivity index (χ2n) is 4.25. The zero-order chi connectivity index (χ0) is 14.1. The van der Waals surface area contributed by atoms with Crippen LogP contribution in [0.25, 0.3) is 0 Å². The third-order valence-electron chi connectivity index (χ3n) is 2.83. The maximum absolute atomic E-state index is 4.01. The summed E-state index contributed by atoms with van der Waals surface area (Å²) in [5.41, 5.74) is 2.20. The number of benzene rings is 1. The molecule has 1 aromatic carbocycles. The summed E-state index contributed by atoms with van der Waals surface area (Å²) in [6.07, 6.45) is 4.73. The van der Waals surface area contributed by atoms with Crippen LogP contribution in [0, 0.1) is 0 Å². The predicted octanol–water partition coefficient (Wildman–Crippen LogP) is 3.39. The number of nitrogens with one attached hydrogen (secondary N) is 2. The van der Waals surface area contributed by atoms with Crippen molar-refractivity contribution in [3.8, 4) is 0 Å². The smallest absolute Gasteiger partial charge is 0.0962 e. The highest BCUT2D eigenvalue weighted by Crippen LogP contribution is 2.16. The van der Waals surface area contributed by atoms with Crippen molar-refractivity contribution in [2.24, 2.45) is 4.99 Å². The van der Waals surface area contributed by atoms with E-state index in [0.29, 0.717) is 0 Å². The van der Waals surface area contributed by atoms with E-state index in [1.54, 1.807) is 13.3 Å². The van der Waals surface area contributed by atoms with Crippen molar-refractivity contribution >= 4 is 6.21 Å². The molecule has 0 aliphatic heterocycles. The largest absolute Gasteiger partial charge is 0.365 e. The molecule has 3 heteroatoms. The van der Waals surface area contributed by atoms with Gasteiger partial charge in [-0.1, -0.05) is 49.9 Å². The SMILES string of the molecule is C=C(NC(/C=N\C)=C/C)NC(CC)c1ccccc1. The van der Waals surface area contributed by atoms with Gasteiger partial charge in [0.05, 0.1) is 17.6 Å². The summed E-state index contributed by atoms with van der Waals surface area (Å²) in [7, 11) is 1.75. The van der Waals surface area contributed by atoms with Crippen molar-refractivity contribution in [3.05, 3.63) is 60.1 Å². The highest BCUT2D eigenvalue weighted by molar-refractivity contribution is 5.77. The topological polar surface area (TPSA) is 36.4 Å². The van der Waals surface area contributed by atoms with Gasteiger partial charge < -0.3 is 10.6 Å². The van der Waals surface area contributed by atoms with Gasteiger partial charge in [-0.3, -0.25) is 4.99 Å². The van der Waals surface area contributed by atoms with Crippen molar-refractivity contribution < 1.29 is 0 Å². The van der Waals surface area contributed by atoms with E-state index >= 15 is 0 Å². The zero-order valence-corrected chi connectivity index (χ0v) is 12.0. The van der Waals surface area contributed by atoms with Crippen LogP contribution in [0.3, 0.4) is 0 Å². The fraction of sp³-hybridized carbons (Fsp3) is 0.312. The lowest BCUT2D eigenvalue weighted by Gasteiger charge is -2.21. The molecule has 0 radical (unpaired) electrons. The minimum Gasteiger partial charge on any atom is -0.365 e. The fourth-order valence-electron chi connectivity index (χ4n) is 1.85. The quantitative estimate of drug-likeness (QED) is 0.735. The lowest BCUT2D eigenvalue weighted by atomic mass is 10.1. The van der Waals surface area contributed by atoms with E-state index in [2.05, 4.69) is 53.4 Å². The first-order valence-electron chi connectivity index (χ1n) is 6.57. The first-order chi connectivity index (χ1) is 9.21. The Morgan fingerprint density at radius 1 is 1.37 bits per heavy atom. The van der Waals surface area contributed by atoms with Gasteiger partial charge in [0.2, 0.25) is 0 Å². The average Bonchev–Trinajstić information content (AvgIpc) is 2.45. The number of hydrogen-bond acceptors (Lipinski definition) is 3. The third-order valence-corrected chi connectivity index (χ3v) is 2.83. The van der Waals surface area contributed by atoms with E-state index in [-0.39, 0.29) is 6.04 Å². The van der Waals surface area contributed by atoms with E-state index in [9.17, 15) is 0 Å². The molecule has 0 aromatic heterocycles. The van der Waals surface area contributed by atoms with Gasteiger partial charge >= 0.3 is 0 Å². The van der Waals surface area contributed by atoms with E-state index in [4.69, 9.17) is 0 Å². The second kappa shape index (κ2) is 8.14. The van der Waals surface area contributed by atoms with Gasteiger partial charge in [0.25, 0.3) is 0 Å². The van der Waals surface area contributed by atoms with Crippen molar-refractivity contribution in [3.63, 3.8) is 0 Å². The monoisotopic (exact) mass is 257 g/mol. The Morgan fingerprint density at radius 2 is 2.05 bits per heavy atom. The van der Waals surface area contributed by atoms with Gasteiger partial charge in [-0.2, -0.15) is 0 Å². The highest BCUT2D eigenvalue weighted by atomic mass is 15.1. The molecule has 19 heavy (non-hydrogen) atoms. The van der Waals surface area contributed by atoms with Gasteiger partial charge in [0.15, 0.2) is 0 Å². The number of nitrogens with zero attached hydrogens (tertiary/aromatic N) is 1. The molecule has 1 atom stereocenters. The number of hydrogen-bond donors (Lipinski definition) is 2. The van der Waals surface area contributed by atoms with E-state index in [0.717, 1.165) is 17.9 Å². The Balaban J connectivity index is 2.64. The Bertz CT molecular complexity index is 446. The average molecular weight is 257 g/mol. The van der Waals surface area contributed by atoms with Crippen molar-refractivity contribution in [2.75, 3.05) is 7.05 Å². The van der Waals surface area contributed by atoms with Crippen LogP contribution in [0.15, 0.2) is 59.5 Å². The highest BCUT2D eigenvalue weighted by Gasteiger charge is 2.08. The van der Waals surface area contributed by atoms with Gasteiger partial charge in [-0.15, -0.1) is 0 Å². The molecule has 0 spiro atoms. The number of aliphatic imine (C=N–C) groups is 1. The summed E-state index contributed by atoms with van der Waals surface area (Å²) >= 11 is 0. The molecule has 0 saturated heterocycles. The maximum Gasteiger partial charge on any atom is 0.0962 e. The Morgan fingerprint density at radius 3 is 2.58 bits per heavy atom. The van der Waals surface area contributed by atoms with Crippen LogP contribution >= 0.6 is 0 Å². The molecule has 0 aliphatic rings. The summed E-state index contributed by atoms with van der Waals surface area (Å²) in [4.78, 5) is 3.99.